The van der Waals surface area contributed by atoms with Crippen molar-refractivity contribution in [2.45, 2.75) is 5.16 Å². The average Bonchev–Trinajstić information content (AvgIpc) is 2.90. The molecule has 20 heavy (non-hydrogen) atoms. The van der Waals surface area contributed by atoms with Crippen molar-refractivity contribution in [2.24, 2.45) is 0 Å². The molecule has 0 saturated carbocycles. The number of thioether (sulfide) groups is 1. The van der Waals surface area contributed by atoms with E-state index in [2.05, 4.69) is 15.3 Å². The molecule has 1 fully saturated rings. The van der Waals surface area contributed by atoms with Gasteiger partial charge in [0, 0.05) is 13.1 Å². The van der Waals surface area contributed by atoms with Gasteiger partial charge in [0.2, 0.25) is 0 Å². The summed E-state index contributed by atoms with van der Waals surface area (Å²) < 4.78 is 5.01. The Kier molecular flexibility index (Phi) is 5.85. The second-order valence-corrected chi connectivity index (χ2v) is 5.07. The van der Waals surface area contributed by atoms with Crippen molar-refractivity contribution in [3.8, 4) is 0 Å². The molecule has 3 rings (SSSR count). The SMILES string of the molecule is C1COCCN1.O=C(O)CSc1nc2ccccc2[nH]1. The molecule has 2 heterocycles. The van der Waals surface area contributed by atoms with Gasteiger partial charge in [0.25, 0.3) is 0 Å². The van der Waals surface area contributed by atoms with Gasteiger partial charge >= 0.3 is 5.97 Å². The van der Waals surface area contributed by atoms with E-state index in [0.717, 1.165) is 37.3 Å². The number of aromatic nitrogens is 2. The number of nitrogens with one attached hydrogen (secondary N) is 2. The first-order chi connectivity index (χ1) is 9.75. The summed E-state index contributed by atoms with van der Waals surface area (Å²) in [5.74, 6) is -0.810. The van der Waals surface area contributed by atoms with E-state index in [0.29, 0.717) is 5.16 Å². The number of nitrogens with zero attached hydrogens (tertiary/aromatic N) is 1. The highest BCUT2D eigenvalue weighted by Crippen LogP contribution is 2.18. The topological polar surface area (TPSA) is 87.2 Å². The van der Waals surface area contributed by atoms with Crippen molar-refractivity contribution in [1.82, 2.24) is 15.3 Å². The molecule has 1 aromatic carbocycles. The Morgan fingerprint density at radius 3 is 2.65 bits per heavy atom. The molecule has 0 bridgehead atoms. The molecule has 108 valence electrons. The smallest absolute Gasteiger partial charge is 0.313 e. The highest BCUT2D eigenvalue weighted by Gasteiger charge is 2.04. The zero-order valence-corrected chi connectivity index (χ0v) is 11.8. The Morgan fingerprint density at radius 2 is 2.10 bits per heavy atom. The van der Waals surface area contributed by atoms with E-state index < -0.39 is 5.97 Å². The van der Waals surface area contributed by atoms with Crippen LogP contribution in [0.25, 0.3) is 11.0 Å². The maximum atomic E-state index is 10.3. The van der Waals surface area contributed by atoms with Crippen molar-refractivity contribution in [3.63, 3.8) is 0 Å². The summed E-state index contributed by atoms with van der Waals surface area (Å²) in [6, 6.07) is 7.60. The number of para-hydroxylation sites is 2. The number of aliphatic carboxylic acids is 1. The molecule has 0 aliphatic carbocycles. The Morgan fingerprint density at radius 1 is 1.35 bits per heavy atom. The fraction of sp³-hybridized carbons (Fsp3) is 0.385. The van der Waals surface area contributed by atoms with Crippen LogP contribution in [0.1, 0.15) is 0 Å². The fourth-order valence-corrected chi connectivity index (χ4v) is 2.25. The lowest BCUT2D eigenvalue weighted by Gasteiger charge is -2.10. The Bertz CT molecular complexity index is 510. The third kappa shape index (κ3) is 4.84. The lowest BCUT2D eigenvalue weighted by molar-refractivity contribution is -0.133. The van der Waals surface area contributed by atoms with Gasteiger partial charge in [-0.3, -0.25) is 4.79 Å². The summed E-state index contributed by atoms with van der Waals surface area (Å²) in [5.41, 5.74) is 1.79. The van der Waals surface area contributed by atoms with Crippen molar-refractivity contribution in [1.29, 1.82) is 0 Å². The van der Waals surface area contributed by atoms with E-state index in [1.807, 2.05) is 24.3 Å². The van der Waals surface area contributed by atoms with E-state index in [4.69, 9.17) is 9.84 Å². The normalized spacial score (nSPS) is 14.6. The van der Waals surface area contributed by atoms with E-state index in [9.17, 15) is 4.79 Å². The summed E-state index contributed by atoms with van der Waals surface area (Å²) >= 11 is 1.19. The van der Waals surface area contributed by atoms with Crippen LogP contribution in [0.3, 0.4) is 0 Å². The molecule has 1 saturated heterocycles. The fourth-order valence-electron chi connectivity index (χ4n) is 1.64. The maximum Gasteiger partial charge on any atom is 0.313 e. The Hall–Kier alpha value is -1.57. The van der Waals surface area contributed by atoms with Gasteiger partial charge in [0.05, 0.1) is 30.0 Å². The molecule has 0 unspecified atom stereocenters. The number of imidazole rings is 1. The zero-order valence-electron chi connectivity index (χ0n) is 11.0. The summed E-state index contributed by atoms with van der Waals surface area (Å²) in [6.07, 6.45) is 0. The van der Waals surface area contributed by atoms with Crippen LogP contribution in [0.15, 0.2) is 29.4 Å². The van der Waals surface area contributed by atoms with Crippen LogP contribution in [-0.2, 0) is 9.53 Å². The lowest BCUT2D eigenvalue weighted by Crippen LogP contribution is -2.30. The van der Waals surface area contributed by atoms with Gasteiger partial charge in [-0.25, -0.2) is 4.98 Å². The number of rotatable bonds is 3. The first-order valence-corrected chi connectivity index (χ1v) is 7.32. The van der Waals surface area contributed by atoms with Crippen molar-refractivity contribution in [3.05, 3.63) is 24.3 Å². The average molecular weight is 295 g/mol. The number of carboxylic acids is 1. The minimum atomic E-state index is -0.838. The number of ether oxygens (including phenoxy) is 1. The third-order valence-electron chi connectivity index (χ3n) is 2.55. The monoisotopic (exact) mass is 295 g/mol. The van der Waals surface area contributed by atoms with Crippen LogP contribution in [0.4, 0.5) is 0 Å². The zero-order chi connectivity index (χ0) is 14.2. The van der Waals surface area contributed by atoms with Gasteiger partial charge in [0.15, 0.2) is 5.16 Å². The molecule has 2 aromatic rings. The summed E-state index contributed by atoms with van der Waals surface area (Å²) in [6.45, 7) is 3.83. The molecule has 1 aliphatic heterocycles. The number of aromatic amines is 1. The minimum absolute atomic E-state index is 0.0276. The van der Waals surface area contributed by atoms with Crippen LogP contribution in [-0.4, -0.2) is 53.1 Å². The molecule has 6 nitrogen and oxygen atoms in total. The summed E-state index contributed by atoms with van der Waals surface area (Å²) in [5, 5.41) is 12.3. The van der Waals surface area contributed by atoms with Gasteiger partial charge < -0.3 is 20.1 Å². The minimum Gasteiger partial charge on any atom is -0.481 e. The number of hydrogen-bond donors (Lipinski definition) is 3. The van der Waals surface area contributed by atoms with Crippen LogP contribution in [0.2, 0.25) is 0 Å². The van der Waals surface area contributed by atoms with Gasteiger partial charge in [0.1, 0.15) is 0 Å². The van der Waals surface area contributed by atoms with Gasteiger partial charge in [-0.1, -0.05) is 23.9 Å². The molecular formula is C13H17N3O3S. The van der Waals surface area contributed by atoms with E-state index >= 15 is 0 Å². The van der Waals surface area contributed by atoms with Gasteiger partial charge in [-0.05, 0) is 12.1 Å². The number of hydrogen-bond acceptors (Lipinski definition) is 5. The highest BCUT2D eigenvalue weighted by atomic mass is 32.2. The second kappa shape index (κ2) is 7.88. The van der Waals surface area contributed by atoms with Crippen LogP contribution >= 0.6 is 11.8 Å². The number of carboxylic acid groups (broad SMARTS) is 1. The Labute approximate surface area is 120 Å². The molecular weight excluding hydrogens is 278 g/mol. The number of carbonyl (C=O) groups is 1. The molecule has 0 radical (unpaired) electrons. The van der Waals surface area contributed by atoms with Crippen LogP contribution in [0, 0.1) is 0 Å². The van der Waals surface area contributed by atoms with Gasteiger partial charge in [-0.15, -0.1) is 0 Å². The number of fused-ring (bicyclic) bond motifs is 1. The quantitative estimate of drug-likeness (QED) is 0.741. The Balaban J connectivity index is 0.000000205. The molecule has 0 spiro atoms. The second-order valence-electron chi connectivity index (χ2n) is 4.10. The first kappa shape index (κ1) is 14.8. The molecule has 7 heteroatoms. The standard InChI is InChI=1S/C9H8N2O2S.C4H9NO/c12-8(13)5-14-9-10-6-3-1-2-4-7(6)11-9;1-3-6-4-2-5-1/h1-4H,5H2,(H,10,11)(H,12,13);5H,1-4H2. The van der Waals surface area contributed by atoms with Crippen molar-refractivity contribution in [2.75, 3.05) is 32.1 Å². The number of H-pyrrole nitrogens is 1. The first-order valence-electron chi connectivity index (χ1n) is 6.33. The largest absolute Gasteiger partial charge is 0.481 e. The van der Waals surface area contributed by atoms with Crippen molar-refractivity contribution >= 4 is 28.8 Å². The molecule has 1 aliphatic rings. The summed E-state index contributed by atoms with van der Waals surface area (Å²) in [4.78, 5) is 17.6. The predicted molar refractivity (Wildman–Crippen MR) is 78.1 cm³/mol. The lowest BCUT2D eigenvalue weighted by atomic mass is 10.3. The predicted octanol–water partition coefficient (Wildman–Crippen LogP) is 1.35. The maximum absolute atomic E-state index is 10.3. The van der Waals surface area contributed by atoms with Crippen molar-refractivity contribution < 1.29 is 14.6 Å². The molecule has 1 aromatic heterocycles. The van der Waals surface area contributed by atoms with Crippen LogP contribution in [0.5, 0.6) is 0 Å². The van der Waals surface area contributed by atoms with E-state index in [1.165, 1.54) is 11.8 Å². The molecule has 0 amide bonds. The van der Waals surface area contributed by atoms with E-state index in [-0.39, 0.29) is 5.75 Å². The van der Waals surface area contributed by atoms with Gasteiger partial charge in [-0.2, -0.15) is 0 Å². The number of benzene rings is 1. The molecule has 0 atom stereocenters. The van der Waals surface area contributed by atoms with E-state index in [1.54, 1.807) is 0 Å². The molecule has 3 N–H and O–H groups in total. The van der Waals surface area contributed by atoms with Crippen LogP contribution < -0.4 is 5.32 Å². The number of morpholine rings is 1. The summed E-state index contributed by atoms with van der Waals surface area (Å²) in [7, 11) is 0. The highest BCUT2D eigenvalue weighted by molar-refractivity contribution is 7.99. The third-order valence-corrected chi connectivity index (χ3v) is 3.40.